The van der Waals surface area contributed by atoms with Gasteiger partial charge in [-0.25, -0.2) is 4.98 Å². The van der Waals surface area contributed by atoms with Crippen LogP contribution in [0.5, 0.6) is 0 Å². The molecule has 0 spiro atoms. The highest BCUT2D eigenvalue weighted by atomic mass is 35.5. The Morgan fingerprint density at radius 2 is 2.23 bits per heavy atom. The first kappa shape index (κ1) is 17.1. The Morgan fingerprint density at radius 1 is 1.45 bits per heavy atom. The van der Waals surface area contributed by atoms with E-state index in [1.165, 1.54) is 0 Å². The first-order valence-corrected chi connectivity index (χ1v) is 8.31. The summed E-state index contributed by atoms with van der Waals surface area (Å²) < 4.78 is 0. The van der Waals surface area contributed by atoms with Crippen molar-refractivity contribution in [3.05, 3.63) is 30.1 Å². The molecule has 0 saturated carbocycles. The normalized spacial score (nSPS) is 15.9. The van der Waals surface area contributed by atoms with Gasteiger partial charge in [0.05, 0.1) is 22.0 Å². The summed E-state index contributed by atoms with van der Waals surface area (Å²) in [6.07, 6.45) is 0. The Bertz CT molecular complexity index is 596. The lowest BCUT2D eigenvalue weighted by atomic mass is 10.0. The third kappa shape index (κ3) is 4.15. The maximum absolute atomic E-state index is 11.8. The van der Waals surface area contributed by atoms with Gasteiger partial charge in [-0.05, 0) is 19.1 Å². The standard InChI is InChI=1S/C15H20N4OS.ClH/c1-10(15-18-12-4-2-3-5-13(12)19-15)21-9-14(20)17-8-11-6-16-7-11;/h2-5,10-11,16H,6-9H2,1H3,(H,17,20)(H,18,19);1H. The molecule has 2 heterocycles. The lowest BCUT2D eigenvalue weighted by Crippen LogP contribution is -2.48. The molecule has 1 atom stereocenters. The number of amides is 1. The van der Waals surface area contributed by atoms with Crippen molar-refractivity contribution in [3.8, 4) is 0 Å². The average molecular weight is 341 g/mol. The number of thioether (sulfide) groups is 1. The highest BCUT2D eigenvalue weighted by molar-refractivity contribution is 8.00. The van der Waals surface area contributed by atoms with Crippen LogP contribution in [0.2, 0.25) is 0 Å². The van der Waals surface area contributed by atoms with Gasteiger partial charge in [-0.1, -0.05) is 12.1 Å². The van der Waals surface area contributed by atoms with E-state index >= 15 is 0 Å². The number of nitrogens with one attached hydrogen (secondary N) is 3. The number of fused-ring (bicyclic) bond motifs is 1. The molecule has 5 nitrogen and oxygen atoms in total. The molecule has 3 N–H and O–H groups in total. The van der Waals surface area contributed by atoms with Crippen molar-refractivity contribution in [1.82, 2.24) is 20.6 Å². The van der Waals surface area contributed by atoms with E-state index in [1.54, 1.807) is 11.8 Å². The summed E-state index contributed by atoms with van der Waals surface area (Å²) in [4.78, 5) is 19.7. The Hall–Kier alpha value is -1.24. The molecule has 1 saturated heterocycles. The van der Waals surface area contributed by atoms with Crippen LogP contribution in [0.15, 0.2) is 24.3 Å². The van der Waals surface area contributed by atoms with Crippen LogP contribution in [0.4, 0.5) is 0 Å². The molecule has 0 radical (unpaired) electrons. The van der Waals surface area contributed by atoms with Gasteiger partial charge in [0.25, 0.3) is 0 Å². The van der Waals surface area contributed by atoms with E-state index in [2.05, 4.69) is 27.5 Å². The molecule has 1 amide bonds. The van der Waals surface area contributed by atoms with Gasteiger partial charge in [-0.2, -0.15) is 0 Å². The van der Waals surface area contributed by atoms with Gasteiger partial charge < -0.3 is 15.6 Å². The van der Waals surface area contributed by atoms with E-state index in [9.17, 15) is 4.79 Å². The third-order valence-corrected chi connectivity index (χ3v) is 4.86. The van der Waals surface area contributed by atoms with Gasteiger partial charge in [0.1, 0.15) is 5.82 Å². The molecule has 3 rings (SSSR count). The Kier molecular flexibility index (Phi) is 6.11. The molecular formula is C15H21ClN4OS. The van der Waals surface area contributed by atoms with Gasteiger partial charge in [-0.3, -0.25) is 4.79 Å². The molecule has 0 aliphatic carbocycles. The lowest BCUT2D eigenvalue weighted by molar-refractivity contribution is -0.118. The fourth-order valence-corrected chi connectivity index (χ4v) is 3.02. The van der Waals surface area contributed by atoms with E-state index in [4.69, 9.17) is 0 Å². The number of aromatic amines is 1. The van der Waals surface area contributed by atoms with Gasteiger partial charge >= 0.3 is 0 Å². The zero-order valence-corrected chi connectivity index (χ0v) is 14.1. The summed E-state index contributed by atoms with van der Waals surface area (Å²) >= 11 is 1.61. The van der Waals surface area contributed by atoms with Crippen LogP contribution in [0.1, 0.15) is 18.0 Å². The van der Waals surface area contributed by atoms with E-state index in [0.717, 1.165) is 36.5 Å². The van der Waals surface area contributed by atoms with E-state index in [1.807, 2.05) is 24.3 Å². The van der Waals surface area contributed by atoms with Crippen LogP contribution < -0.4 is 10.6 Å². The summed E-state index contributed by atoms with van der Waals surface area (Å²) in [5.41, 5.74) is 2.02. The third-order valence-electron chi connectivity index (χ3n) is 3.71. The molecule has 120 valence electrons. The van der Waals surface area contributed by atoms with E-state index in [0.29, 0.717) is 11.7 Å². The number of benzene rings is 1. The van der Waals surface area contributed by atoms with E-state index < -0.39 is 0 Å². The number of hydrogen-bond acceptors (Lipinski definition) is 4. The fraction of sp³-hybridized carbons (Fsp3) is 0.467. The van der Waals surface area contributed by atoms with Crippen LogP contribution >= 0.6 is 24.2 Å². The van der Waals surface area contributed by atoms with Crippen molar-refractivity contribution in [2.24, 2.45) is 5.92 Å². The predicted molar refractivity (Wildman–Crippen MR) is 93.6 cm³/mol. The van der Waals surface area contributed by atoms with Gasteiger partial charge in [-0.15, -0.1) is 24.2 Å². The lowest BCUT2D eigenvalue weighted by Gasteiger charge is -2.27. The van der Waals surface area contributed by atoms with Crippen LogP contribution in [0.25, 0.3) is 11.0 Å². The number of rotatable bonds is 6. The summed E-state index contributed by atoms with van der Waals surface area (Å²) in [7, 11) is 0. The molecule has 0 bridgehead atoms. The molecule has 1 aliphatic heterocycles. The van der Waals surface area contributed by atoms with Crippen molar-refractivity contribution in [2.45, 2.75) is 12.2 Å². The summed E-state index contributed by atoms with van der Waals surface area (Å²) in [6.45, 7) is 4.89. The Balaban J connectivity index is 0.00000176. The van der Waals surface area contributed by atoms with E-state index in [-0.39, 0.29) is 23.6 Å². The number of hydrogen-bond donors (Lipinski definition) is 3. The highest BCUT2D eigenvalue weighted by Crippen LogP contribution is 2.27. The second-order valence-electron chi connectivity index (χ2n) is 5.42. The molecule has 1 fully saturated rings. The quantitative estimate of drug-likeness (QED) is 0.753. The largest absolute Gasteiger partial charge is 0.355 e. The number of aromatic nitrogens is 2. The molecular weight excluding hydrogens is 320 g/mol. The van der Waals surface area contributed by atoms with Crippen LogP contribution in [0, 0.1) is 5.92 Å². The number of H-pyrrole nitrogens is 1. The van der Waals surface area contributed by atoms with Crippen LogP contribution in [-0.4, -0.2) is 41.3 Å². The van der Waals surface area contributed by atoms with Gasteiger partial charge in [0.15, 0.2) is 0 Å². The number of carbonyl (C=O) groups excluding carboxylic acids is 1. The number of imidazole rings is 1. The SMILES string of the molecule is CC(SCC(=O)NCC1CNC1)c1nc2ccccc2[nH]1.Cl. The number of nitrogens with zero attached hydrogens (tertiary/aromatic N) is 1. The topological polar surface area (TPSA) is 69.8 Å². The Labute approximate surface area is 140 Å². The second-order valence-corrected chi connectivity index (χ2v) is 6.75. The summed E-state index contributed by atoms with van der Waals surface area (Å²) in [5, 5.41) is 6.36. The molecule has 2 aromatic rings. The van der Waals surface area contributed by atoms with Crippen molar-refractivity contribution in [2.75, 3.05) is 25.4 Å². The van der Waals surface area contributed by atoms with Crippen LogP contribution in [0.3, 0.4) is 0 Å². The molecule has 1 aromatic carbocycles. The molecule has 1 unspecified atom stereocenters. The first-order chi connectivity index (χ1) is 10.2. The minimum Gasteiger partial charge on any atom is -0.355 e. The highest BCUT2D eigenvalue weighted by Gasteiger charge is 2.18. The van der Waals surface area contributed by atoms with Gasteiger partial charge in [0.2, 0.25) is 5.91 Å². The molecule has 7 heteroatoms. The Morgan fingerprint density at radius 3 is 2.91 bits per heavy atom. The monoisotopic (exact) mass is 340 g/mol. The molecule has 1 aliphatic rings. The summed E-state index contributed by atoms with van der Waals surface area (Å²) in [5.74, 6) is 2.11. The first-order valence-electron chi connectivity index (χ1n) is 7.26. The average Bonchev–Trinajstić information content (AvgIpc) is 2.87. The maximum atomic E-state index is 11.8. The minimum absolute atomic E-state index is 0. The predicted octanol–water partition coefficient (Wildman–Crippen LogP) is 2.11. The maximum Gasteiger partial charge on any atom is 0.230 e. The van der Waals surface area contributed by atoms with Crippen molar-refractivity contribution in [1.29, 1.82) is 0 Å². The fourth-order valence-electron chi connectivity index (χ4n) is 2.25. The molecule has 1 aromatic heterocycles. The molecule has 22 heavy (non-hydrogen) atoms. The minimum atomic E-state index is 0. The zero-order chi connectivity index (χ0) is 14.7. The number of para-hydroxylation sites is 2. The number of halogens is 1. The zero-order valence-electron chi connectivity index (χ0n) is 12.5. The number of carbonyl (C=O) groups is 1. The van der Waals surface area contributed by atoms with Crippen molar-refractivity contribution >= 4 is 41.1 Å². The smallest absolute Gasteiger partial charge is 0.230 e. The van der Waals surface area contributed by atoms with Crippen molar-refractivity contribution in [3.63, 3.8) is 0 Å². The summed E-state index contributed by atoms with van der Waals surface area (Å²) in [6, 6.07) is 7.98. The van der Waals surface area contributed by atoms with Gasteiger partial charge in [0, 0.05) is 25.6 Å². The second kappa shape index (κ2) is 7.85. The van der Waals surface area contributed by atoms with Crippen molar-refractivity contribution < 1.29 is 4.79 Å². The van der Waals surface area contributed by atoms with Crippen LogP contribution in [-0.2, 0) is 4.79 Å².